The van der Waals surface area contributed by atoms with E-state index in [2.05, 4.69) is 0 Å². The summed E-state index contributed by atoms with van der Waals surface area (Å²) in [6.07, 6.45) is 4.90. The molecule has 0 bridgehead atoms. The maximum atomic E-state index is 12.4. The smallest absolute Gasteiger partial charge is 0.268 e. The zero-order chi connectivity index (χ0) is 19.4. The monoisotopic (exact) mass is 400 g/mol. The molecule has 0 atom stereocenters. The van der Waals surface area contributed by atoms with Crippen molar-refractivity contribution in [3.63, 3.8) is 0 Å². The largest absolute Gasteiger partial charge is 0.293 e. The van der Waals surface area contributed by atoms with Crippen LogP contribution in [-0.4, -0.2) is 21.0 Å². The number of nitro groups is 1. The van der Waals surface area contributed by atoms with E-state index in [9.17, 15) is 19.7 Å². The number of thioether (sulfide) groups is 1. The van der Waals surface area contributed by atoms with Crippen LogP contribution in [0.4, 0.5) is 10.5 Å². The number of hydrogen-bond acceptors (Lipinski definition) is 5. The van der Waals surface area contributed by atoms with Gasteiger partial charge in [-0.3, -0.25) is 24.6 Å². The minimum Gasteiger partial charge on any atom is -0.268 e. The normalized spacial score (nSPS) is 15.9. The predicted molar refractivity (Wildman–Crippen MR) is 105 cm³/mol. The van der Waals surface area contributed by atoms with Crippen LogP contribution in [0.25, 0.3) is 6.08 Å². The van der Waals surface area contributed by atoms with Gasteiger partial charge in [0.1, 0.15) is 0 Å². The van der Waals surface area contributed by atoms with Gasteiger partial charge in [0.25, 0.3) is 16.8 Å². The first kappa shape index (κ1) is 18.9. The lowest BCUT2D eigenvalue weighted by Gasteiger charge is -2.12. The number of hydrogen-bond donors (Lipinski definition) is 0. The van der Waals surface area contributed by atoms with Gasteiger partial charge in [0.15, 0.2) is 0 Å². The van der Waals surface area contributed by atoms with Crippen molar-refractivity contribution in [3.8, 4) is 0 Å². The number of non-ortho nitro benzene ring substituents is 1. The molecule has 8 heteroatoms. The van der Waals surface area contributed by atoms with E-state index >= 15 is 0 Å². The van der Waals surface area contributed by atoms with E-state index in [0.717, 1.165) is 22.9 Å². The molecule has 2 amide bonds. The number of allylic oxidation sites excluding steroid dienone is 2. The second-order valence-corrected chi connectivity index (χ2v) is 7.06. The third kappa shape index (κ3) is 4.64. The number of carbonyl (C=O) groups is 2. The molecule has 1 aliphatic heterocycles. The molecule has 0 spiro atoms. The molecule has 1 aliphatic rings. The Bertz CT molecular complexity index is 970. The van der Waals surface area contributed by atoms with Gasteiger partial charge in [0, 0.05) is 17.2 Å². The van der Waals surface area contributed by atoms with E-state index in [1.54, 1.807) is 54.6 Å². The van der Waals surface area contributed by atoms with Crippen LogP contribution in [0.2, 0.25) is 5.02 Å². The topological polar surface area (TPSA) is 80.5 Å². The van der Waals surface area contributed by atoms with Gasteiger partial charge < -0.3 is 0 Å². The molecular formula is C19H13ClN2O4S. The van der Waals surface area contributed by atoms with Crippen molar-refractivity contribution < 1.29 is 14.5 Å². The molecule has 2 aromatic rings. The molecule has 0 aliphatic carbocycles. The molecule has 27 heavy (non-hydrogen) atoms. The zero-order valence-electron chi connectivity index (χ0n) is 13.9. The molecule has 6 nitrogen and oxygen atoms in total. The number of rotatable bonds is 5. The maximum Gasteiger partial charge on any atom is 0.293 e. The average Bonchev–Trinajstić information content (AvgIpc) is 2.90. The third-order valence-corrected chi connectivity index (χ3v) is 4.90. The molecule has 0 aromatic heterocycles. The van der Waals surface area contributed by atoms with Crippen LogP contribution in [0.1, 0.15) is 11.1 Å². The number of benzene rings is 2. The van der Waals surface area contributed by atoms with E-state index in [-0.39, 0.29) is 23.4 Å². The summed E-state index contributed by atoms with van der Waals surface area (Å²) in [4.78, 5) is 36.2. The number of carbonyl (C=O) groups excluding carboxylic acids is 2. The van der Waals surface area contributed by atoms with Crippen molar-refractivity contribution in [3.05, 3.63) is 91.9 Å². The molecule has 1 heterocycles. The summed E-state index contributed by atoms with van der Waals surface area (Å²) in [5.41, 5.74) is 1.52. The quantitative estimate of drug-likeness (QED) is 0.399. The van der Waals surface area contributed by atoms with E-state index in [1.807, 2.05) is 0 Å². The van der Waals surface area contributed by atoms with Crippen LogP contribution < -0.4 is 0 Å². The van der Waals surface area contributed by atoms with Crippen LogP contribution in [0.3, 0.4) is 0 Å². The van der Waals surface area contributed by atoms with Gasteiger partial charge in [0.05, 0.1) is 16.4 Å². The second-order valence-electron chi connectivity index (χ2n) is 5.63. The number of halogens is 1. The first-order valence-electron chi connectivity index (χ1n) is 7.85. The summed E-state index contributed by atoms with van der Waals surface area (Å²) in [6.45, 7) is 0.161. The lowest BCUT2D eigenvalue weighted by Crippen LogP contribution is -2.27. The van der Waals surface area contributed by atoms with E-state index in [4.69, 9.17) is 11.6 Å². The Hall–Kier alpha value is -2.90. The highest BCUT2D eigenvalue weighted by atomic mass is 35.5. The summed E-state index contributed by atoms with van der Waals surface area (Å²) >= 11 is 6.81. The Labute approximate surface area is 164 Å². The molecule has 1 fully saturated rings. The lowest BCUT2D eigenvalue weighted by atomic mass is 10.2. The summed E-state index contributed by atoms with van der Waals surface area (Å²) in [7, 11) is 0. The molecule has 3 rings (SSSR count). The van der Waals surface area contributed by atoms with Crippen LogP contribution in [0.5, 0.6) is 0 Å². The Kier molecular flexibility index (Phi) is 5.73. The number of amides is 2. The zero-order valence-corrected chi connectivity index (χ0v) is 15.4. The maximum absolute atomic E-state index is 12.4. The van der Waals surface area contributed by atoms with Crippen molar-refractivity contribution in [2.24, 2.45) is 0 Å². The van der Waals surface area contributed by atoms with Crippen LogP contribution in [0, 0.1) is 10.1 Å². The van der Waals surface area contributed by atoms with Gasteiger partial charge in [-0.05, 0) is 53.2 Å². The lowest BCUT2D eigenvalue weighted by molar-refractivity contribution is -0.384. The highest BCUT2D eigenvalue weighted by Crippen LogP contribution is 2.32. The Morgan fingerprint density at radius 3 is 2.56 bits per heavy atom. The standard InChI is InChI=1S/C19H13ClN2O4S/c20-15-5-1-4-14(11-15)12-21-18(23)17(27-19(21)24)6-2-3-13-7-9-16(10-8-13)22(25)26/h1-11H,12H2/b3-2+,17-6-. The highest BCUT2D eigenvalue weighted by Gasteiger charge is 2.34. The molecule has 0 N–H and O–H groups in total. The SMILES string of the molecule is O=C1S/C(=C\C=C\c2ccc([N+](=O)[O-])cc2)C(=O)N1Cc1cccc(Cl)c1. The molecule has 0 unspecified atom stereocenters. The second kappa shape index (κ2) is 8.20. The van der Waals surface area contributed by atoms with Crippen LogP contribution >= 0.6 is 23.4 Å². The number of nitro benzene ring substituents is 1. The molecule has 136 valence electrons. The van der Waals surface area contributed by atoms with Crippen LogP contribution in [0.15, 0.2) is 65.6 Å². The van der Waals surface area contributed by atoms with E-state index in [0.29, 0.717) is 9.93 Å². The van der Waals surface area contributed by atoms with Gasteiger partial charge in [-0.25, -0.2) is 0 Å². The summed E-state index contributed by atoms with van der Waals surface area (Å²) in [5.74, 6) is -0.363. The molecule has 0 radical (unpaired) electrons. The molecule has 0 saturated carbocycles. The molecular weight excluding hydrogens is 388 g/mol. The fourth-order valence-corrected chi connectivity index (χ4v) is 3.42. The summed E-state index contributed by atoms with van der Waals surface area (Å²) in [5, 5.41) is 10.8. The first-order valence-corrected chi connectivity index (χ1v) is 9.04. The molecule has 2 aromatic carbocycles. The van der Waals surface area contributed by atoms with Crippen molar-refractivity contribution >= 4 is 46.3 Å². The predicted octanol–water partition coefficient (Wildman–Crippen LogP) is 5.04. The van der Waals surface area contributed by atoms with Gasteiger partial charge in [-0.2, -0.15) is 0 Å². The number of imide groups is 1. The van der Waals surface area contributed by atoms with Crippen molar-refractivity contribution in [2.45, 2.75) is 6.54 Å². The highest BCUT2D eigenvalue weighted by molar-refractivity contribution is 8.18. The van der Waals surface area contributed by atoms with Gasteiger partial charge in [-0.15, -0.1) is 0 Å². The van der Waals surface area contributed by atoms with Gasteiger partial charge in [-0.1, -0.05) is 35.9 Å². The Morgan fingerprint density at radius 2 is 1.89 bits per heavy atom. The summed E-state index contributed by atoms with van der Waals surface area (Å²) < 4.78 is 0. The summed E-state index contributed by atoms with van der Waals surface area (Å²) in [6, 6.07) is 13.0. The van der Waals surface area contributed by atoms with Gasteiger partial charge >= 0.3 is 0 Å². The molecule has 1 saturated heterocycles. The fourth-order valence-electron chi connectivity index (χ4n) is 2.42. The van der Waals surface area contributed by atoms with Gasteiger partial charge in [0.2, 0.25) is 0 Å². The Balaban J connectivity index is 1.69. The fraction of sp³-hybridized carbons (Fsp3) is 0.0526. The van der Waals surface area contributed by atoms with Crippen molar-refractivity contribution in [1.29, 1.82) is 0 Å². The van der Waals surface area contributed by atoms with E-state index < -0.39 is 4.92 Å². The Morgan fingerprint density at radius 1 is 1.15 bits per heavy atom. The minimum atomic E-state index is -0.469. The van der Waals surface area contributed by atoms with Crippen molar-refractivity contribution in [2.75, 3.05) is 0 Å². The van der Waals surface area contributed by atoms with Crippen LogP contribution in [-0.2, 0) is 11.3 Å². The first-order chi connectivity index (χ1) is 12.9. The minimum absolute atomic E-state index is 0.00860. The number of nitrogens with zero attached hydrogens (tertiary/aromatic N) is 2. The van der Waals surface area contributed by atoms with Crippen molar-refractivity contribution in [1.82, 2.24) is 4.90 Å². The van der Waals surface area contributed by atoms with E-state index in [1.165, 1.54) is 17.0 Å². The third-order valence-electron chi connectivity index (χ3n) is 3.74. The average molecular weight is 401 g/mol.